The number of rotatable bonds is 4. The Bertz CT molecular complexity index is 980. The predicted octanol–water partition coefficient (Wildman–Crippen LogP) is 3.82. The molecule has 1 saturated heterocycles. The summed E-state index contributed by atoms with van der Waals surface area (Å²) in [5.41, 5.74) is 1.27. The highest BCUT2D eigenvalue weighted by atomic mass is 32.2. The van der Waals surface area contributed by atoms with E-state index >= 15 is 0 Å². The molecule has 1 amide bonds. The largest absolute Gasteiger partial charge is 0.335 e. The van der Waals surface area contributed by atoms with Crippen molar-refractivity contribution in [1.82, 2.24) is 9.21 Å². The maximum Gasteiger partial charge on any atom is 0.243 e. The Hall–Kier alpha value is -1.77. The van der Waals surface area contributed by atoms with Crippen LogP contribution in [0.15, 0.2) is 40.6 Å². The first kappa shape index (κ1) is 20.5. The summed E-state index contributed by atoms with van der Waals surface area (Å²) in [6.07, 6.45) is 2.81. The van der Waals surface area contributed by atoms with Gasteiger partial charge in [-0.2, -0.15) is 4.31 Å². The van der Waals surface area contributed by atoms with E-state index in [1.807, 2.05) is 4.90 Å². The summed E-state index contributed by atoms with van der Waals surface area (Å²) in [5, 5.41) is 2.10. The molecule has 4 rings (SSSR count). The number of nitrogens with zero attached hydrogens (tertiary/aromatic N) is 2. The number of sulfonamides is 1. The standard InChI is InChI=1S/C21H25FN2O3S2/c1-2-19-18-10-14-28-20(18)9-13-24(19)21(25)15-7-11-23(12-8-15)29(26,27)17-5-3-16(22)4-6-17/h3-6,10,14-15,19H,2,7-9,11-13H2,1H3. The molecule has 2 aliphatic heterocycles. The fourth-order valence-electron chi connectivity index (χ4n) is 4.43. The Kier molecular flexibility index (Phi) is 5.77. The number of thiophene rings is 1. The highest BCUT2D eigenvalue weighted by Gasteiger charge is 2.37. The van der Waals surface area contributed by atoms with Crippen molar-refractivity contribution in [2.45, 2.75) is 43.5 Å². The predicted molar refractivity (Wildman–Crippen MR) is 111 cm³/mol. The average Bonchev–Trinajstić information content (AvgIpc) is 3.22. The molecule has 0 saturated carbocycles. The van der Waals surface area contributed by atoms with E-state index in [1.54, 1.807) is 11.3 Å². The van der Waals surface area contributed by atoms with E-state index in [2.05, 4.69) is 18.4 Å². The van der Waals surface area contributed by atoms with Crippen molar-refractivity contribution in [1.29, 1.82) is 0 Å². The zero-order valence-electron chi connectivity index (χ0n) is 16.4. The van der Waals surface area contributed by atoms with Crippen LogP contribution in [0.25, 0.3) is 0 Å². The summed E-state index contributed by atoms with van der Waals surface area (Å²) < 4.78 is 40.1. The normalized spacial score (nSPS) is 21.2. The fourth-order valence-corrected chi connectivity index (χ4v) is 6.83. The van der Waals surface area contributed by atoms with Gasteiger partial charge in [0.05, 0.1) is 10.9 Å². The van der Waals surface area contributed by atoms with E-state index in [0.717, 1.165) is 31.5 Å². The number of hydrogen-bond acceptors (Lipinski definition) is 4. The van der Waals surface area contributed by atoms with Crippen LogP contribution in [0.2, 0.25) is 0 Å². The van der Waals surface area contributed by atoms with Crippen LogP contribution < -0.4 is 0 Å². The van der Waals surface area contributed by atoms with E-state index in [1.165, 1.54) is 26.9 Å². The molecule has 29 heavy (non-hydrogen) atoms. The molecule has 1 aromatic carbocycles. The summed E-state index contributed by atoms with van der Waals surface area (Å²) in [6.45, 7) is 3.46. The highest BCUT2D eigenvalue weighted by Crippen LogP contribution is 2.37. The van der Waals surface area contributed by atoms with Crippen molar-refractivity contribution in [3.63, 3.8) is 0 Å². The first-order valence-electron chi connectivity index (χ1n) is 10.0. The van der Waals surface area contributed by atoms with Crippen LogP contribution in [0.1, 0.15) is 42.7 Å². The Morgan fingerprint density at radius 2 is 1.83 bits per heavy atom. The van der Waals surface area contributed by atoms with Gasteiger partial charge in [0.1, 0.15) is 5.82 Å². The van der Waals surface area contributed by atoms with Gasteiger partial charge in [-0.05, 0) is 67.0 Å². The maximum atomic E-state index is 13.2. The van der Waals surface area contributed by atoms with Gasteiger partial charge in [0.15, 0.2) is 0 Å². The third kappa shape index (κ3) is 3.85. The molecule has 1 aromatic heterocycles. The van der Waals surface area contributed by atoms with Crippen LogP contribution in [0.4, 0.5) is 4.39 Å². The van der Waals surface area contributed by atoms with Crippen molar-refractivity contribution < 1.29 is 17.6 Å². The van der Waals surface area contributed by atoms with E-state index in [-0.39, 0.29) is 22.8 Å². The molecule has 1 atom stereocenters. The van der Waals surface area contributed by atoms with Gasteiger partial charge in [0.2, 0.25) is 15.9 Å². The second-order valence-electron chi connectivity index (χ2n) is 7.64. The molecule has 1 fully saturated rings. The number of fused-ring (bicyclic) bond motifs is 1. The van der Waals surface area contributed by atoms with Crippen molar-refractivity contribution >= 4 is 27.3 Å². The van der Waals surface area contributed by atoms with E-state index in [9.17, 15) is 17.6 Å². The summed E-state index contributed by atoms with van der Waals surface area (Å²) in [4.78, 5) is 16.7. The Morgan fingerprint density at radius 1 is 1.14 bits per heavy atom. The monoisotopic (exact) mass is 436 g/mol. The highest BCUT2D eigenvalue weighted by molar-refractivity contribution is 7.89. The molecular formula is C21H25FN2O3S2. The first-order valence-corrected chi connectivity index (χ1v) is 12.4. The number of piperidine rings is 1. The lowest BCUT2D eigenvalue weighted by Crippen LogP contribution is -2.47. The van der Waals surface area contributed by atoms with E-state index < -0.39 is 15.8 Å². The van der Waals surface area contributed by atoms with Crippen molar-refractivity contribution in [3.8, 4) is 0 Å². The molecule has 0 N–H and O–H groups in total. The molecule has 2 aliphatic rings. The van der Waals surface area contributed by atoms with Gasteiger partial charge in [-0.1, -0.05) is 6.92 Å². The zero-order valence-corrected chi connectivity index (χ0v) is 18.0. The lowest BCUT2D eigenvalue weighted by atomic mass is 9.92. The Morgan fingerprint density at radius 3 is 2.48 bits per heavy atom. The lowest BCUT2D eigenvalue weighted by Gasteiger charge is -2.39. The molecule has 0 aliphatic carbocycles. The van der Waals surface area contributed by atoms with E-state index in [4.69, 9.17) is 0 Å². The molecule has 0 bridgehead atoms. The molecule has 0 spiro atoms. The first-order chi connectivity index (χ1) is 13.9. The molecule has 156 valence electrons. The molecule has 1 unspecified atom stereocenters. The van der Waals surface area contributed by atoms with Crippen molar-refractivity contribution in [2.75, 3.05) is 19.6 Å². The minimum absolute atomic E-state index is 0.0933. The van der Waals surface area contributed by atoms with Crippen LogP contribution in [0.5, 0.6) is 0 Å². The summed E-state index contributed by atoms with van der Waals surface area (Å²) in [7, 11) is -3.66. The number of carbonyl (C=O) groups is 1. The number of halogens is 1. The topological polar surface area (TPSA) is 57.7 Å². The average molecular weight is 437 g/mol. The summed E-state index contributed by atoms with van der Waals surface area (Å²) in [5.74, 6) is -0.467. The Balaban J connectivity index is 1.43. The minimum Gasteiger partial charge on any atom is -0.335 e. The van der Waals surface area contributed by atoms with Gasteiger partial charge in [-0.3, -0.25) is 4.79 Å². The van der Waals surface area contributed by atoms with Gasteiger partial charge in [0.25, 0.3) is 0 Å². The molecular weight excluding hydrogens is 411 g/mol. The minimum atomic E-state index is -3.66. The van der Waals surface area contributed by atoms with Gasteiger partial charge in [0, 0.05) is 30.4 Å². The van der Waals surface area contributed by atoms with Crippen molar-refractivity contribution in [2.24, 2.45) is 5.92 Å². The van der Waals surface area contributed by atoms with Crippen LogP contribution in [-0.4, -0.2) is 43.2 Å². The van der Waals surface area contributed by atoms with Crippen LogP contribution in [-0.2, 0) is 21.2 Å². The molecule has 3 heterocycles. The Labute approximate surface area is 175 Å². The van der Waals surface area contributed by atoms with Crippen LogP contribution >= 0.6 is 11.3 Å². The summed E-state index contributed by atoms with van der Waals surface area (Å²) >= 11 is 1.76. The van der Waals surface area contributed by atoms with Gasteiger partial charge in [-0.25, -0.2) is 12.8 Å². The SMILES string of the molecule is CCC1c2ccsc2CCN1C(=O)C1CCN(S(=O)(=O)c2ccc(F)cc2)CC1. The number of carbonyl (C=O) groups excluding carboxylic acids is 1. The molecule has 0 radical (unpaired) electrons. The molecule has 2 aromatic rings. The van der Waals surface area contributed by atoms with Crippen LogP contribution in [0.3, 0.4) is 0 Å². The third-order valence-electron chi connectivity index (χ3n) is 6.02. The fraction of sp³-hybridized carbons (Fsp3) is 0.476. The van der Waals surface area contributed by atoms with Gasteiger partial charge < -0.3 is 4.90 Å². The second kappa shape index (κ2) is 8.16. The molecule has 5 nitrogen and oxygen atoms in total. The number of hydrogen-bond donors (Lipinski definition) is 0. The quantitative estimate of drug-likeness (QED) is 0.732. The maximum absolute atomic E-state index is 13.2. The zero-order chi connectivity index (χ0) is 20.6. The number of amides is 1. The van der Waals surface area contributed by atoms with E-state index in [0.29, 0.717) is 25.9 Å². The van der Waals surface area contributed by atoms with Crippen molar-refractivity contribution in [3.05, 3.63) is 52.0 Å². The van der Waals surface area contributed by atoms with Gasteiger partial charge in [-0.15, -0.1) is 11.3 Å². The molecule has 8 heteroatoms. The third-order valence-corrected chi connectivity index (χ3v) is 8.93. The summed E-state index contributed by atoms with van der Waals surface area (Å²) in [6, 6.07) is 7.15. The second-order valence-corrected chi connectivity index (χ2v) is 10.6. The smallest absolute Gasteiger partial charge is 0.243 e. The lowest BCUT2D eigenvalue weighted by molar-refractivity contribution is -0.139. The van der Waals surface area contributed by atoms with Crippen LogP contribution in [0, 0.1) is 11.7 Å². The van der Waals surface area contributed by atoms with Gasteiger partial charge >= 0.3 is 0 Å². The number of benzene rings is 1.